The van der Waals surface area contributed by atoms with Gasteiger partial charge >= 0.3 is 0 Å². The fraction of sp³-hybridized carbons (Fsp3) is 0.182. The Kier molecular flexibility index (Phi) is 2.57. The van der Waals surface area contributed by atoms with Crippen LogP contribution in [0.4, 0.5) is 0 Å². The normalized spacial score (nSPS) is 11.8. The van der Waals surface area contributed by atoms with E-state index >= 15 is 0 Å². The molecule has 0 bridgehead atoms. The van der Waals surface area contributed by atoms with Crippen LogP contribution in [-0.4, -0.2) is 24.3 Å². The minimum absolute atomic E-state index is 0.176. The molecular formula is C11H8O4. The molecule has 0 saturated carbocycles. The monoisotopic (exact) mass is 204 g/mol. The van der Waals surface area contributed by atoms with Gasteiger partial charge in [-0.05, 0) is 24.1 Å². The summed E-state index contributed by atoms with van der Waals surface area (Å²) in [6.45, 7) is -0.147. The Morgan fingerprint density at radius 2 is 2.20 bits per heavy atom. The number of aliphatic hydroxyl groups is 1. The fourth-order valence-electron chi connectivity index (χ4n) is 1.23. The maximum absolute atomic E-state index is 11.4. The highest BCUT2D eigenvalue weighted by atomic mass is 16.7. The van der Waals surface area contributed by atoms with Crippen LogP contribution in [0.5, 0.6) is 11.5 Å². The number of fused-ring (bicyclic) bond motifs is 1. The summed E-state index contributed by atoms with van der Waals surface area (Å²) in [5.41, 5.74) is 0.431. The largest absolute Gasteiger partial charge is 0.454 e. The molecule has 1 N–H and O–H groups in total. The van der Waals surface area contributed by atoms with Gasteiger partial charge in [0.25, 0.3) is 0 Å². The summed E-state index contributed by atoms with van der Waals surface area (Å²) in [6.07, 6.45) is 0. The number of carbonyl (C=O) groups excluding carboxylic acids is 1. The van der Waals surface area contributed by atoms with Crippen LogP contribution in [0, 0.1) is 11.8 Å². The summed E-state index contributed by atoms with van der Waals surface area (Å²) in [4.78, 5) is 11.4. The van der Waals surface area contributed by atoms with Crippen LogP contribution in [-0.2, 0) is 0 Å². The molecule has 2 rings (SSSR count). The number of hydrogen-bond donors (Lipinski definition) is 1. The predicted molar refractivity (Wildman–Crippen MR) is 51.8 cm³/mol. The standard InChI is InChI=1S/C11H8O4/c12-5-1-2-9(13)8-3-4-10-11(6-8)15-7-14-10/h3-4,6,12H,5,7H2. The zero-order chi connectivity index (χ0) is 10.7. The molecule has 0 atom stereocenters. The van der Waals surface area contributed by atoms with Crippen molar-refractivity contribution in [2.24, 2.45) is 0 Å². The van der Waals surface area contributed by atoms with Crippen molar-refractivity contribution in [3.63, 3.8) is 0 Å². The second-order valence-corrected chi connectivity index (χ2v) is 2.86. The van der Waals surface area contributed by atoms with E-state index in [1.807, 2.05) is 0 Å². The third kappa shape index (κ3) is 1.92. The molecule has 1 aliphatic rings. The maximum atomic E-state index is 11.4. The molecule has 1 heterocycles. The average molecular weight is 204 g/mol. The van der Waals surface area contributed by atoms with Gasteiger partial charge in [0.2, 0.25) is 12.6 Å². The molecule has 1 aromatic carbocycles. The van der Waals surface area contributed by atoms with Gasteiger partial charge in [-0.1, -0.05) is 5.92 Å². The molecule has 0 spiro atoms. The molecule has 0 unspecified atom stereocenters. The molecular weight excluding hydrogens is 196 g/mol. The first-order valence-electron chi connectivity index (χ1n) is 4.35. The van der Waals surface area contributed by atoms with Gasteiger partial charge in [0.05, 0.1) is 0 Å². The average Bonchev–Trinajstić information content (AvgIpc) is 2.72. The summed E-state index contributed by atoms with van der Waals surface area (Å²) in [6, 6.07) is 4.86. The first-order chi connectivity index (χ1) is 7.31. The fourth-order valence-corrected chi connectivity index (χ4v) is 1.23. The third-order valence-corrected chi connectivity index (χ3v) is 1.92. The Bertz CT molecular complexity index is 453. The van der Waals surface area contributed by atoms with Crippen molar-refractivity contribution < 1.29 is 19.4 Å². The van der Waals surface area contributed by atoms with Crippen LogP contribution in [0.25, 0.3) is 0 Å². The van der Waals surface area contributed by atoms with E-state index in [0.29, 0.717) is 17.1 Å². The van der Waals surface area contributed by atoms with E-state index < -0.39 is 0 Å². The van der Waals surface area contributed by atoms with Gasteiger partial charge in [-0.25, -0.2) is 0 Å². The molecule has 0 saturated heterocycles. The number of ether oxygens (including phenoxy) is 2. The number of hydrogen-bond acceptors (Lipinski definition) is 4. The number of rotatable bonds is 1. The zero-order valence-electron chi connectivity index (χ0n) is 7.82. The Hall–Kier alpha value is -1.99. The van der Waals surface area contributed by atoms with Gasteiger partial charge in [-0.15, -0.1) is 0 Å². The van der Waals surface area contributed by atoms with Crippen LogP contribution in [0.1, 0.15) is 10.4 Å². The molecule has 4 nitrogen and oxygen atoms in total. The lowest BCUT2D eigenvalue weighted by molar-refractivity contribution is 0.105. The summed E-state index contributed by atoms with van der Waals surface area (Å²) in [5, 5.41) is 8.45. The van der Waals surface area contributed by atoms with Crippen LogP contribution in [0.3, 0.4) is 0 Å². The van der Waals surface area contributed by atoms with Gasteiger partial charge < -0.3 is 14.6 Å². The van der Waals surface area contributed by atoms with E-state index in [4.69, 9.17) is 14.6 Å². The van der Waals surface area contributed by atoms with Crippen molar-refractivity contribution in [2.75, 3.05) is 13.4 Å². The molecule has 0 radical (unpaired) electrons. The van der Waals surface area contributed by atoms with E-state index in [2.05, 4.69) is 11.8 Å². The highest BCUT2D eigenvalue weighted by Gasteiger charge is 2.15. The number of ketones is 1. The second kappa shape index (κ2) is 4.03. The Balaban J connectivity index is 2.26. The topological polar surface area (TPSA) is 55.8 Å². The molecule has 4 heteroatoms. The summed E-state index contributed by atoms with van der Waals surface area (Å²) < 4.78 is 10.2. The third-order valence-electron chi connectivity index (χ3n) is 1.92. The van der Waals surface area contributed by atoms with Gasteiger partial charge in [0.15, 0.2) is 11.5 Å². The quantitative estimate of drug-likeness (QED) is 0.413. The van der Waals surface area contributed by atoms with Crippen molar-refractivity contribution in [1.82, 2.24) is 0 Å². The van der Waals surface area contributed by atoms with Crippen molar-refractivity contribution in [1.29, 1.82) is 0 Å². The highest BCUT2D eigenvalue weighted by molar-refractivity contribution is 6.09. The van der Waals surface area contributed by atoms with E-state index in [1.54, 1.807) is 18.2 Å². The Morgan fingerprint density at radius 3 is 3.00 bits per heavy atom. The minimum atomic E-state index is -0.345. The SMILES string of the molecule is O=C(C#CCO)c1ccc2c(c1)OCO2. The lowest BCUT2D eigenvalue weighted by Gasteiger charge is -1.97. The van der Waals surface area contributed by atoms with Crippen molar-refractivity contribution in [3.05, 3.63) is 23.8 Å². The minimum Gasteiger partial charge on any atom is -0.454 e. The van der Waals surface area contributed by atoms with E-state index in [0.717, 1.165) is 0 Å². The second-order valence-electron chi connectivity index (χ2n) is 2.86. The van der Waals surface area contributed by atoms with Crippen molar-refractivity contribution in [2.45, 2.75) is 0 Å². The van der Waals surface area contributed by atoms with Crippen LogP contribution in [0.15, 0.2) is 18.2 Å². The number of benzene rings is 1. The molecule has 1 aliphatic heterocycles. The first-order valence-corrected chi connectivity index (χ1v) is 4.35. The number of aliphatic hydroxyl groups excluding tert-OH is 1. The lowest BCUT2D eigenvalue weighted by atomic mass is 10.1. The summed E-state index contributed by atoms with van der Waals surface area (Å²) >= 11 is 0. The predicted octanol–water partition coefficient (Wildman–Crippen LogP) is 0.594. The molecule has 76 valence electrons. The molecule has 0 aromatic heterocycles. The van der Waals surface area contributed by atoms with Crippen LogP contribution >= 0.6 is 0 Å². The molecule has 1 aromatic rings. The smallest absolute Gasteiger partial charge is 0.236 e. The summed E-state index contributed by atoms with van der Waals surface area (Å²) in [5.74, 6) is 5.43. The maximum Gasteiger partial charge on any atom is 0.236 e. The number of carbonyl (C=O) groups is 1. The van der Waals surface area contributed by atoms with Gasteiger partial charge in [0, 0.05) is 5.56 Å². The van der Waals surface area contributed by atoms with Gasteiger partial charge in [-0.3, -0.25) is 4.79 Å². The molecule has 0 aliphatic carbocycles. The molecule has 0 amide bonds. The summed E-state index contributed by atoms with van der Waals surface area (Å²) in [7, 11) is 0. The molecule has 0 fully saturated rings. The Labute approximate surface area is 86.4 Å². The highest BCUT2D eigenvalue weighted by Crippen LogP contribution is 2.32. The first kappa shape index (κ1) is 9.56. The van der Waals surface area contributed by atoms with Gasteiger partial charge in [-0.2, -0.15) is 0 Å². The van der Waals surface area contributed by atoms with E-state index in [1.165, 1.54) is 0 Å². The van der Waals surface area contributed by atoms with Crippen molar-refractivity contribution >= 4 is 5.78 Å². The van der Waals surface area contributed by atoms with E-state index in [-0.39, 0.29) is 19.2 Å². The lowest BCUT2D eigenvalue weighted by Crippen LogP contribution is -1.95. The van der Waals surface area contributed by atoms with Crippen molar-refractivity contribution in [3.8, 4) is 23.3 Å². The zero-order valence-corrected chi connectivity index (χ0v) is 7.82. The molecule has 15 heavy (non-hydrogen) atoms. The van der Waals surface area contributed by atoms with Gasteiger partial charge in [0.1, 0.15) is 6.61 Å². The number of Topliss-reactive ketones (excluding diaryl/α,β-unsaturated/α-hetero) is 1. The van der Waals surface area contributed by atoms with Crippen LogP contribution in [0.2, 0.25) is 0 Å². The Morgan fingerprint density at radius 1 is 1.40 bits per heavy atom. The van der Waals surface area contributed by atoms with Crippen LogP contribution < -0.4 is 9.47 Å². The van der Waals surface area contributed by atoms with E-state index in [9.17, 15) is 4.79 Å².